The Kier molecular flexibility index (Phi) is 3.75. The summed E-state index contributed by atoms with van der Waals surface area (Å²) in [5, 5.41) is 4.75. The maximum absolute atomic E-state index is 13.5. The monoisotopic (exact) mass is 288 g/mol. The van der Waals surface area contributed by atoms with Crippen LogP contribution in [0.5, 0.6) is 0 Å². The van der Waals surface area contributed by atoms with Crippen LogP contribution in [0.3, 0.4) is 0 Å². The number of aromatic nitrogens is 2. The summed E-state index contributed by atoms with van der Waals surface area (Å²) in [6.07, 6.45) is 0.913. The van der Waals surface area contributed by atoms with Crippen molar-refractivity contribution in [1.82, 2.24) is 9.97 Å². The van der Waals surface area contributed by atoms with Crippen LogP contribution in [0.25, 0.3) is 0 Å². The van der Waals surface area contributed by atoms with Gasteiger partial charge in [0.2, 0.25) is 5.95 Å². The molecule has 0 aliphatic carbocycles. The molecule has 0 aliphatic heterocycles. The Morgan fingerprint density at radius 1 is 1.16 bits per heavy atom. The fourth-order valence-corrected chi connectivity index (χ4v) is 1.60. The molecule has 2 aromatic rings. The summed E-state index contributed by atoms with van der Waals surface area (Å²) >= 11 is 5.69. The smallest absolute Gasteiger partial charge is 0.224 e. The molecule has 1 aromatic carbocycles. The molecule has 1 aromatic heterocycles. The van der Waals surface area contributed by atoms with Crippen molar-refractivity contribution < 1.29 is 13.2 Å². The molecule has 0 atom stereocenters. The van der Waals surface area contributed by atoms with E-state index in [2.05, 4.69) is 20.6 Å². The van der Waals surface area contributed by atoms with E-state index in [-0.39, 0.29) is 22.5 Å². The summed E-state index contributed by atoms with van der Waals surface area (Å²) in [5.74, 6) is -2.70. The maximum Gasteiger partial charge on any atom is 0.224 e. The topological polar surface area (TPSA) is 49.8 Å². The molecule has 0 unspecified atom stereocenters. The molecule has 0 radical (unpaired) electrons. The second-order valence-corrected chi connectivity index (χ2v) is 3.92. The van der Waals surface area contributed by atoms with E-state index in [9.17, 15) is 13.2 Å². The Hall–Kier alpha value is -2.02. The van der Waals surface area contributed by atoms with Crippen molar-refractivity contribution in [2.45, 2.75) is 0 Å². The molecule has 2 rings (SSSR count). The molecule has 19 heavy (non-hydrogen) atoms. The fraction of sp³-hybridized carbons (Fsp3) is 0.0909. The van der Waals surface area contributed by atoms with Crippen molar-refractivity contribution in [3.05, 3.63) is 40.8 Å². The zero-order chi connectivity index (χ0) is 14.0. The van der Waals surface area contributed by atoms with E-state index in [4.69, 9.17) is 11.6 Å². The Bertz CT molecular complexity index is 598. The zero-order valence-electron chi connectivity index (χ0n) is 9.64. The van der Waals surface area contributed by atoms with Crippen molar-refractivity contribution in [3.8, 4) is 0 Å². The molecule has 2 N–H and O–H groups in total. The van der Waals surface area contributed by atoms with Crippen LogP contribution in [0.2, 0.25) is 5.02 Å². The van der Waals surface area contributed by atoms with E-state index in [1.165, 1.54) is 0 Å². The van der Waals surface area contributed by atoms with E-state index in [0.717, 1.165) is 12.3 Å². The molecule has 0 bridgehead atoms. The van der Waals surface area contributed by atoms with Crippen molar-refractivity contribution >= 4 is 29.1 Å². The summed E-state index contributed by atoms with van der Waals surface area (Å²) in [6.45, 7) is 0. The highest BCUT2D eigenvalue weighted by Gasteiger charge is 2.14. The zero-order valence-corrected chi connectivity index (χ0v) is 10.4. The highest BCUT2D eigenvalue weighted by atomic mass is 35.5. The van der Waals surface area contributed by atoms with Crippen molar-refractivity contribution in [2.24, 2.45) is 0 Å². The van der Waals surface area contributed by atoms with Crippen LogP contribution < -0.4 is 10.6 Å². The molecule has 0 saturated carbocycles. The van der Waals surface area contributed by atoms with Gasteiger partial charge in [0.25, 0.3) is 0 Å². The SMILES string of the molecule is CNc1ncc(F)c(Nc2c(F)cc(F)cc2Cl)n1. The van der Waals surface area contributed by atoms with Crippen LogP contribution in [-0.4, -0.2) is 17.0 Å². The molecule has 4 nitrogen and oxygen atoms in total. The number of nitrogens with one attached hydrogen (secondary N) is 2. The van der Waals surface area contributed by atoms with E-state index < -0.39 is 17.5 Å². The number of hydrogen-bond donors (Lipinski definition) is 2. The van der Waals surface area contributed by atoms with Gasteiger partial charge in [0.05, 0.1) is 16.9 Å². The number of rotatable bonds is 3. The Morgan fingerprint density at radius 2 is 1.89 bits per heavy atom. The number of hydrogen-bond acceptors (Lipinski definition) is 4. The van der Waals surface area contributed by atoms with Crippen LogP contribution in [0, 0.1) is 17.5 Å². The third-order valence-corrected chi connectivity index (χ3v) is 2.52. The summed E-state index contributed by atoms with van der Waals surface area (Å²) in [7, 11) is 1.54. The molecular formula is C11H8ClF3N4. The second kappa shape index (κ2) is 5.31. The largest absolute Gasteiger partial charge is 0.357 e. The maximum atomic E-state index is 13.5. The lowest BCUT2D eigenvalue weighted by Crippen LogP contribution is -2.04. The van der Waals surface area contributed by atoms with Crippen LogP contribution in [0.4, 0.5) is 30.6 Å². The Morgan fingerprint density at radius 3 is 2.53 bits per heavy atom. The molecule has 1 heterocycles. The molecule has 0 spiro atoms. The van der Waals surface area contributed by atoms with Crippen LogP contribution in [0.15, 0.2) is 18.3 Å². The van der Waals surface area contributed by atoms with E-state index in [1.54, 1.807) is 7.05 Å². The molecule has 0 amide bonds. The summed E-state index contributed by atoms with van der Waals surface area (Å²) in [6, 6.07) is 1.54. The van der Waals surface area contributed by atoms with Crippen LogP contribution in [-0.2, 0) is 0 Å². The van der Waals surface area contributed by atoms with Gasteiger partial charge in [-0.3, -0.25) is 0 Å². The number of halogens is 4. The van der Waals surface area contributed by atoms with Gasteiger partial charge in [-0.1, -0.05) is 11.6 Å². The minimum Gasteiger partial charge on any atom is -0.357 e. The predicted octanol–water partition coefficient (Wildman–Crippen LogP) is 3.33. The van der Waals surface area contributed by atoms with Gasteiger partial charge < -0.3 is 10.6 Å². The van der Waals surface area contributed by atoms with Crippen molar-refractivity contribution in [1.29, 1.82) is 0 Å². The van der Waals surface area contributed by atoms with E-state index in [0.29, 0.717) is 6.07 Å². The lowest BCUT2D eigenvalue weighted by molar-refractivity contribution is 0.585. The average Bonchev–Trinajstić information content (AvgIpc) is 2.35. The van der Waals surface area contributed by atoms with E-state index in [1.807, 2.05) is 0 Å². The molecule has 0 aliphatic rings. The van der Waals surface area contributed by atoms with Gasteiger partial charge >= 0.3 is 0 Å². The van der Waals surface area contributed by atoms with Crippen molar-refractivity contribution in [2.75, 3.05) is 17.7 Å². The van der Waals surface area contributed by atoms with Crippen LogP contribution >= 0.6 is 11.6 Å². The normalized spacial score (nSPS) is 10.4. The fourth-order valence-electron chi connectivity index (χ4n) is 1.36. The van der Waals surface area contributed by atoms with Gasteiger partial charge in [-0.15, -0.1) is 0 Å². The number of anilines is 3. The highest BCUT2D eigenvalue weighted by molar-refractivity contribution is 6.33. The van der Waals surface area contributed by atoms with Gasteiger partial charge in [0.1, 0.15) is 5.82 Å². The molecule has 8 heteroatoms. The number of nitrogens with zero attached hydrogens (tertiary/aromatic N) is 2. The quantitative estimate of drug-likeness (QED) is 0.909. The predicted molar refractivity (Wildman–Crippen MR) is 66.2 cm³/mol. The third-order valence-electron chi connectivity index (χ3n) is 2.22. The van der Waals surface area contributed by atoms with Gasteiger partial charge in [-0.2, -0.15) is 4.98 Å². The Labute approximate surface area is 111 Å². The molecular weight excluding hydrogens is 281 g/mol. The van der Waals surface area contributed by atoms with Crippen LogP contribution in [0.1, 0.15) is 0 Å². The van der Waals surface area contributed by atoms with Gasteiger partial charge in [-0.05, 0) is 6.07 Å². The summed E-state index contributed by atoms with van der Waals surface area (Å²) < 4.78 is 39.9. The number of benzene rings is 1. The van der Waals surface area contributed by atoms with E-state index >= 15 is 0 Å². The molecule has 100 valence electrons. The lowest BCUT2D eigenvalue weighted by atomic mass is 10.3. The highest BCUT2D eigenvalue weighted by Crippen LogP contribution is 2.29. The van der Waals surface area contributed by atoms with Crippen molar-refractivity contribution in [3.63, 3.8) is 0 Å². The summed E-state index contributed by atoms with van der Waals surface area (Å²) in [5.41, 5.74) is -0.261. The standard InChI is InChI=1S/C11H8ClF3N4/c1-16-11-17-4-8(15)10(19-11)18-9-6(12)2-5(13)3-7(9)14/h2-4H,1H3,(H2,16,17,18,19). The first kappa shape index (κ1) is 13.4. The average molecular weight is 289 g/mol. The first-order valence-electron chi connectivity index (χ1n) is 5.13. The first-order chi connectivity index (χ1) is 9.01. The Balaban J connectivity index is 2.41. The lowest BCUT2D eigenvalue weighted by Gasteiger charge is -2.10. The second-order valence-electron chi connectivity index (χ2n) is 3.51. The first-order valence-corrected chi connectivity index (χ1v) is 5.51. The molecule has 0 saturated heterocycles. The molecule has 0 fully saturated rings. The van der Waals surface area contributed by atoms with Gasteiger partial charge in [0, 0.05) is 13.1 Å². The minimum atomic E-state index is -0.950. The van der Waals surface area contributed by atoms with Gasteiger partial charge in [0.15, 0.2) is 17.5 Å². The minimum absolute atomic E-state index is 0.141. The van der Waals surface area contributed by atoms with Gasteiger partial charge in [-0.25, -0.2) is 18.2 Å². The summed E-state index contributed by atoms with van der Waals surface area (Å²) in [4.78, 5) is 7.40. The third kappa shape index (κ3) is 2.87.